The van der Waals surface area contributed by atoms with Crippen molar-refractivity contribution in [3.8, 4) is 0 Å². The second-order valence-corrected chi connectivity index (χ2v) is 6.46. The van der Waals surface area contributed by atoms with Crippen LogP contribution in [0.4, 0.5) is 10.1 Å². The summed E-state index contributed by atoms with van der Waals surface area (Å²) in [6, 6.07) is 4.15. The molecule has 0 atom stereocenters. The van der Waals surface area contributed by atoms with Crippen LogP contribution in [0.15, 0.2) is 37.9 Å². The van der Waals surface area contributed by atoms with Crippen LogP contribution in [0.25, 0.3) is 0 Å². The van der Waals surface area contributed by atoms with Crippen LogP contribution in [0.1, 0.15) is 5.69 Å². The Bertz CT molecular complexity index is 889. The van der Waals surface area contributed by atoms with Crippen molar-refractivity contribution in [3.05, 3.63) is 34.7 Å². The smallest absolute Gasteiger partial charge is 0.289 e. The predicted octanol–water partition coefficient (Wildman–Crippen LogP) is 0.294. The molecule has 0 saturated heterocycles. The van der Waals surface area contributed by atoms with Crippen molar-refractivity contribution >= 4 is 46.6 Å². The highest BCUT2D eigenvalue weighted by Crippen LogP contribution is 2.22. The van der Waals surface area contributed by atoms with Crippen LogP contribution in [-0.4, -0.2) is 47.2 Å². The van der Waals surface area contributed by atoms with Crippen LogP contribution in [0.2, 0.25) is 5.02 Å². The molecule has 1 heterocycles. The van der Waals surface area contributed by atoms with Gasteiger partial charge in [-0.25, -0.2) is 14.9 Å². The SMILES string of the molecule is CN=C(Nc1ccc(F)c(Cl)c1)c1nonc1SCCNC(=O)/C(=N/N)NN. The van der Waals surface area contributed by atoms with Gasteiger partial charge < -0.3 is 21.9 Å². The number of anilines is 1. The average Bonchev–Trinajstić information content (AvgIpc) is 3.15. The summed E-state index contributed by atoms with van der Waals surface area (Å²) in [5.74, 6) is 9.63. The molecule has 0 unspecified atom stereocenters. The first-order valence-electron chi connectivity index (χ1n) is 7.67. The normalized spacial score (nSPS) is 12.0. The highest BCUT2D eigenvalue weighted by atomic mass is 35.5. The first kappa shape index (κ1) is 21.4. The molecular formula is C14H17ClFN9O2S. The van der Waals surface area contributed by atoms with Gasteiger partial charge in [0.1, 0.15) is 5.82 Å². The number of aliphatic imine (C=N–C) groups is 1. The Labute approximate surface area is 168 Å². The van der Waals surface area contributed by atoms with Gasteiger partial charge in [-0.2, -0.15) is 5.10 Å². The van der Waals surface area contributed by atoms with Crippen molar-refractivity contribution in [2.75, 3.05) is 24.7 Å². The second kappa shape index (κ2) is 10.4. The number of aromatic nitrogens is 2. The summed E-state index contributed by atoms with van der Waals surface area (Å²) in [5.41, 5.74) is 2.95. The fraction of sp³-hybridized carbons (Fsp3) is 0.214. The monoisotopic (exact) mass is 429 g/mol. The molecule has 1 amide bonds. The van der Waals surface area contributed by atoms with Crippen LogP contribution < -0.4 is 27.7 Å². The average molecular weight is 430 g/mol. The Morgan fingerprint density at radius 1 is 1.43 bits per heavy atom. The molecule has 0 spiro atoms. The third-order valence-electron chi connectivity index (χ3n) is 3.20. The molecule has 1 aromatic carbocycles. The number of nitrogens with two attached hydrogens (primary N) is 2. The summed E-state index contributed by atoms with van der Waals surface area (Å²) in [4.78, 5) is 15.8. The lowest BCUT2D eigenvalue weighted by Gasteiger charge is -2.09. The van der Waals surface area contributed by atoms with E-state index in [9.17, 15) is 9.18 Å². The molecule has 0 bridgehead atoms. The molecule has 7 N–H and O–H groups in total. The molecule has 1 aromatic heterocycles. The number of hydrazone groups is 1. The van der Waals surface area contributed by atoms with Crippen LogP contribution in [0.5, 0.6) is 0 Å². The summed E-state index contributed by atoms with van der Waals surface area (Å²) in [6.07, 6.45) is 0. The van der Waals surface area contributed by atoms with Crippen molar-refractivity contribution in [2.45, 2.75) is 5.03 Å². The molecule has 0 saturated carbocycles. The molecule has 0 aliphatic rings. The summed E-state index contributed by atoms with van der Waals surface area (Å²) in [5, 5.41) is 16.8. The predicted molar refractivity (Wildman–Crippen MR) is 104 cm³/mol. The fourth-order valence-corrected chi connectivity index (χ4v) is 2.84. The van der Waals surface area contributed by atoms with E-state index in [1.54, 1.807) is 7.05 Å². The van der Waals surface area contributed by atoms with E-state index in [1.807, 2.05) is 0 Å². The number of carbonyl (C=O) groups excluding carboxylic acids is 1. The van der Waals surface area contributed by atoms with Gasteiger partial charge >= 0.3 is 0 Å². The van der Waals surface area contributed by atoms with Crippen molar-refractivity contribution in [3.63, 3.8) is 0 Å². The van der Waals surface area contributed by atoms with Crippen molar-refractivity contribution in [2.24, 2.45) is 21.8 Å². The number of rotatable bonds is 6. The number of carbonyl (C=O) groups is 1. The van der Waals surface area contributed by atoms with Gasteiger partial charge in [-0.15, -0.1) is 0 Å². The van der Waals surface area contributed by atoms with Gasteiger partial charge in [0, 0.05) is 25.0 Å². The number of halogens is 2. The number of amides is 1. The van der Waals surface area contributed by atoms with Gasteiger partial charge in [0.2, 0.25) is 5.84 Å². The molecule has 0 fully saturated rings. The Hall–Kier alpha value is -2.90. The third-order valence-corrected chi connectivity index (χ3v) is 4.44. The van der Waals surface area contributed by atoms with Crippen LogP contribution in [-0.2, 0) is 4.79 Å². The van der Waals surface area contributed by atoms with E-state index in [-0.39, 0.29) is 17.4 Å². The first-order valence-corrected chi connectivity index (χ1v) is 9.03. The van der Waals surface area contributed by atoms with Gasteiger partial charge in [-0.1, -0.05) is 23.4 Å². The molecule has 14 heteroatoms. The summed E-state index contributed by atoms with van der Waals surface area (Å²) in [7, 11) is 1.55. The highest BCUT2D eigenvalue weighted by Gasteiger charge is 2.17. The number of nitrogens with zero attached hydrogens (tertiary/aromatic N) is 4. The minimum atomic E-state index is -0.547. The number of amidine groups is 2. The first-order chi connectivity index (χ1) is 13.5. The molecule has 2 aromatic rings. The Morgan fingerprint density at radius 3 is 2.86 bits per heavy atom. The van der Waals surface area contributed by atoms with Crippen LogP contribution in [0, 0.1) is 5.82 Å². The van der Waals surface area contributed by atoms with Crippen molar-refractivity contribution in [1.29, 1.82) is 0 Å². The lowest BCUT2D eigenvalue weighted by atomic mass is 10.3. The third kappa shape index (κ3) is 5.55. The Balaban J connectivity index is 1.97. The zero-order valence-corrected chi connectivity index (χ0v) is 16.1. The number of hydrazine groups is 1. The molecule has 2 rings (SSSR count). The van der Waals surface area contributed by atoms with Crippen molar-refractivity contribution < 1.29 is 13.8 Å². The van der Waals surface area contributed by atoms with Gasteiger partial charge in [-0.3, -0.25) is 9.79 Å². The number of benzene rings is 1. The molecule has 11 nitrogen and oxygen atoms in total. The lowest BCUT2D eigenvalue weighted by molar-refractivity contribution is -0.114. The topological polar surface area (TPSA) is 169 Å². The minimum absolute atomic E-state index is 0.0311. The second-order valence-electron chi connectivity index (χ2n) is 4.97. The molecule has 150 valence electrons. The summed E-state index contributed by atoms with van der Waals surface area (Å²) in [6.45, 7) is 0.274. The number of hydrogen-bond acceptors (Lipinski definition) is 9. The van der Waals surface area contributed by atoms with Gasteiger partial charge in [0.05, 0.1) is 5.02 Å². The van der Waals surface area contributed by atoms with E-state index in [1.165, 1.54) is 30.0 Å². The van der Waals surface area contributed by atoms with E-state index in [0.29, 0.717) is 28.0 Å². The van der Waals surface area contributed by atoms with Gasteiger partial charge in [0.15, 0.2) is 16.6 Å². The maximum atomic E-state index is 13.3. The Morgan fingerprint density at radius 2 is 2.21 bits per heavy atom. The lowest BCUT2D eigenvalue weighted by Crippen LogP contribution is -2.44. The van der Waals surface area contributed by atoms with Crippen molar-refractivity contribution in [1.82, 2.24) is 21.1 Å². The Kier molecular flexibility index (Phi) is 7.98. The van der Waals surface area contributed by atoms with Crippen LogP contribution in [0.3, 0.4) is 0 Å². The number of thioether (sulfide) groups is 1. The number of nitrogens with one attached hydrogen (secondary N) is 3. The summed E-state index contributed by atoms with van der Waals surface area (Å²) < 4.78 is 18.1. The molecule has 28 heavy (non-hydrogen) atoms. The van der Waals surface area contributed by atoms with Gasteiger partial charge in [0.25, 0.3) is 5.91 Å². The van der Waals surface area contributed by atoms with E-state index in [4.69, 9.17) is 27.9 Å². The maximum Gasteiger partial charge on any atom is 0.289 e. The molecule has 0 radical (unpaired) electrons. The molecule has 0 aliphatic carbocycles. The number of hydrogen-bond donors (Lipinski definition) is 5. The minimum Gasteiger partial charge on any atom is -0.348 e. The molecule has 0 aliphatic heterocycles. The van der Waals surface area contributed by atoms with E-state index >= 15 is 0 Å². The summed E-state index contributed by atoms with van der Waals surface area (Å²) >= 11 is 7.05. The van der Waals surface area contributed by atoms with E-state index < -0.39 is 11.7 Å². The highest BCUT2D eigenvalue weighted by molar-refractivity contribution is 7.99. The van der Waals surface area contributed by atoms with Gasteiger partial charge in [-0.05, 0) is 28.5 Å². The van der Waals surface area contributed by atoms with Crippen LogP contribution >= 0.6 is 23.4 Å². The maximum absolute atomic E-state index is 13.3. The van der Waals surface area contributed by atoms with E-state index in [2.05, 4.69) is 36.5 Å². The largest absolute Gasteiger partial charge is 0.348 e. The van der Waals surface area contributed by atoms with E-state index in [0.717, 1.165) is 0 Å². The fourth-order valence-electron chi connectivity index (χ4n) is 1.91. The quantitative estimate of drug-likeness (QED) is 0.108. The zero-order valence-electron chi connectivity index (χ0n) is 14.6. The standard InChI is InChI=1S/C14H17ClFN9O2S/c1-19-11(21-7-2-3-9(16)8(15)6-7)10-14(25-27-24-10)28-5-4-20-13(26)12(22-17)23-18/h2-3,6H,4-5,17-18H2,1H3,(H,19,21)(H,20,26)(H,22,23). The zero-order chi connectivity index (χ0) is 20.5. The molecular weight excluding hydrogens is 413 g/mol.